The van der Waals surface area contributed by atoms with Crippen molar-refractivity contribution in [3.05, 3.63) is 0 Å². The topological polar surface area (TPSA) is 46.3 Å². The van der Waals surface area contributed by atoms with Gasteiger partial charge >= 0.3 is 0 Å². The monoisotopic (exact) mass is 208 g/mol. The molecule has 2 saturated carbocycles. The van der Waals surface area contributed by atoms with Gasteiger partial charge in [-0.15, -0.1) is 0 Å². The first-order chi connectivity index (χ1) is 7.05. The molecule has 0 aromatic carbocycles. The van der Waals surface area contributed by atoms with Gasteiger partial charge in [-0.05, 0) is 38.0 Å². The number of fused-ring (bicyclic) bond motifs is 2. The van der Waals surface area contributed by atoms with Crippen LogP contribution in [0.4, 0.5) is 0 Å². The molecule has 2 N–H and O–H groups in total. The van der Waals surface area contributed by atoms with Crippen LogP contribution in [-0.2, 0) is 4.79 Å². The van der Waals surface area contributed by atoms with Gasteiger partial charge in [0.25, 0.3) is 0 Å². The van der Waals surface area contributed by atoms with E-state index < -0.39 is 0 Å². The minimum Gasteiger partial charge on any atom is -0.339 e. The van der Waals surface area contributed by atoms with Crippen LogP contribution in [0.15, 0.2) is 0 Å². The van der Waals surface area contributed by atoms with Crippen LogP contribution in [0, 0.1) is 17.8 Å². The summed E-state index contributed by atoms with van der Waals surface area (Å²) in [6.45, 7) is 3.55. The summed E-state index contributed by atoms with van der Waals surface area (Å²) in [5.74, 6) is 2.30. The third-order valence-electron chi connectivity index (χ3n) is 4.47. The Morgan fingerprint density at radius 1 is 1.33 bits per heavy atom. The Hall–Kier alpha value is -0.570. The van der Waals surface area contributed by atoms with Gasteiger partial charge < -0.3 is 10.6 Å². The molecule has 3 unspecified atom stereocenters. The van der Waals surface area contributed by atoms with Crippen LogP contribution in [0.2, 0.25) is 0 Å². The lowest BCUT2D eigenvalue weighted by Crippen LogP contribution is -2.67. The van der Waals surface area contributed by atoms with Crippen LogP contribution in [0.5, 0.6) is 0 Å². The Morgan fingerprint density at radius 2 is 2.07 bits per heavy atom. The SMILES string of the molecule is CC1(N)CN(C(=O)C2CC3CCC2C3)C1. The fourth-order valence-corrected chi connectivity index (χ4v) is 3.76. The minimum atomic E-state index is -0.118. The smallest absolute Gasteiger partial charge is 0.226 e. The maximum absolute atomic E-state index is 12.2. The van der Waals surface area contributed by atoms with Crippen molar-refractivity contribution in [2.24, 2.45) is 23.5 Å². The zero-order valence-electron chi connectivity index (χ0n) is 9.41. The molecule has 3 atom stereocenters. The summed E-state index contributed by atoms with van der Waals surface area (Å²) in [6, 6.07) is 0. The van der Waals surface area contributed by atoms with Crippen LogP contribution in [-0.4, -0.2) is 29.4 Å². The van der Waals surface area contributed by atoms with E-state index in [1.165, 1.54) is 19.3 Å². The predicted molar refractivity (Wildman–Crippen MR) is 58.1 cm³/mol. The Balaban J connectivity index is 1.62. The highest BCUT2D eigenvalue weighted by Gasteiger charge is 2.47. The minimum absolute atomic E-state index is 0.118. The average Bonchev–Trinajstić information content (AvgIpc) is 2.73. The van der Waals surface area contributed by atoms with Crippen LogP contribution < -0.4 is 5.73 Å². The van der Waals surface area contributed by atoms with Crippen molar-refractivity contribution in [1.29, 1.82) is 0 Å². The molecule has 1 amide bonds. The van der Waals surface area contributed by atoms with Crippen molar-refractivity contribution < 1.29 is 4.79 Å². The van der Waals surface area contributed by atoms with Crippen LogP contribution in [0.25, 0.3) is 0 Å². The summed E-state index contributed by atoms with van der Waals surface area (Å²) in [5.41, 5.74) is 5.81. The first kappa shape index (κ1) is 9.64. The summed E-state index contributed by atoms with van der Waals surface area (Å²) in [5, 5.41) is 0. The van der Waals surface area contributed by atoms with E-state index in [0.717, 1.165) is 25.4 Å². The molecule has 1 aliphatic heterocycles. The van der Waals surface area contributed by atoms with Gasteiger partial charge in [0.05, 0.1) is 0 Å². The van der Waals surface area contributed by atoms with Crippen molar-refractivity contribution in [2.45, 2.75) is 38.1 Å². The number of amides is 1. The van der Waals surface area contributed by atoms with E-state index in [9.17, 15) is 4.79 Å². The molecule has 2 aliphatic carbocycles. The molecule has 2 bridgehead atoms. The van der Waals surface area contributed by atoms with Crippen molar-refractivity contribution in [3.8, 4) is 0 Å². The number of hydrogen-bond acceptors (Lipinski definition) is 2. The number of carbonyl (C=O) groups is 1. The van der Waals surface area contributed by atoms with Crippen LogP contribution in [0.3, 0.4) is 0 Å². The number of nitrogens with zero attached hydrogens (tertiary/aromatic N) is 1. The second kappa shape index (κ2) is 2.97. The highest BCUT2D eigenvalue weighted by atomic mass is 16.2. The first-order valence-electron chi connectivity index (χ1n) is 6.13. The number of likely N-dealkylation sites (tertiary alicyclic amines) is 1. The van der Waals surface area contributed by atoms with E-state index >= 15 is 0 Å². The summed E-state index contributed by atoms with van der Waals surface area (Å²) >= 11 is 0. The van der Waals surface area contributed by atoms with E-state index in [4.69, 9.17) is 5.73 Å². The molecule has 84 valence electrons. The highest BCUT2D eigenvalue weighted by molar-refractivity contribution is 5.80. The van der Waals surface area contributed by atoms with Crippen molar-refractivity contribution in [1.82, 2.24) is 4.90 Å². The molecule has 3 heteroatoms. The maximum Gasteiger partial charge on any atom is 0.226 e. The normalized spacial score (nSPS) is 41.7. The molecule has 0 spiro atoms. The highest BCUT2D eigenvalue weighted by Crippen LogP contribution is 2.49. The van der Waals surface area contributed by atoms with Gasteiger partial charge in [0.1, 0.15) is 0 Å². The number of rotatable bonds is 1. The van der Waals surface area contributed by atoms with Gasteiger partial charge in [-0.25, -0.2) is 0 Å². The standard InChI is InChI=1S/C12H20N2O/c1-12(13)6-14(7-12)11(15)10-5-8-2-3-9(10)4-8/h8-10H,2-7,13H2,1H3. The summed E-state index contributed by atoms with van der Waals surface area (Å²) in [7, 11) is 0. The Labute approximate surface area is 91.0 Å². The molecular formula is C12H20N2O. The zero-order chi connectivity index (χ0) is 10.6. The van der Waals surface area contributed by atoms with E-state index in [2.05, 4.69) is 0 Å². The zero-order valence-corrected chi connectivity index (χ0v) is 9.41. The molecular weight excluding hydrogens is 188 g/mol. The number of hydrogen-bond donors (Lipinski definition) is 1. The molecule has 1 saturated heterocycles. The third-order valence-corrected chi connectivity index (χ3v) is 4.47. The Kier molecular flexibility index (Phi) is 1.91. The van der Waals surface area contributed by atoms with Gasteiger partial charge in [-0.1, -0.05) is 6.42 Å². The van der Waals surface area contributed by atoms with Gasteiger partial charge in [0.15, 0.2) is 0 Å². The average molecular weight is 208 g/mol. The van der Waals surface area contributed by atoms with E-state index in [-0.39, 0.29) is 5.54 Å². The molecule has 0 radical (unpaired) electrons. The number of nitrogens with two attached hydrogens (primary N) is 1. The largest absolute Gasteiger partial charge is 0.339 e. The lowest BCUT2D eigenvalue weighted by atomic mass is 9.85. The molecule has 3 nitrogen and oxygen atoms in total. The Bertz CT molecular complexity index is 292. The first-order valence-corrected chi connectivity index (χ1v) is 6.13. The van der Waals surface area contributed by atoms with E-state index in [1.54, 1.807) is 0 Å². The molecule has 0 aromatic rings. The lowest BCUT2D eigenvalue weighted by molar-refractivity contribution is -0.144. The summed E-state index contributed by atoms with van der Waals surface area (Å²) in [4.78, 5) is 14.1. The molecule has 3 aliphatic rings. The quantitative estimate of drug-likeness (QED) is 0.698. The maximum atomic E-state index is 12.2. The summed E-state index contributed by atoms with van der Waals surface area (Å²) in [6.07, 6.45) is 5.11. The van der Waals surface area contributed by atoms with Crippen molar-refractivity contribution in [3.63, 3.8) is 0 Å². The molecule has 15 heavy (non-hydrogen) atoms. The lowest BCUT2D eigenvalue weighted by Gasteiger charge is -2.47. The summed E-state index contributed by atoms with van der Waals surface area (Å²) < 4.78 is 0. The van der Waals surface area contributed by atoms with E-state index in [0.29, 0.717) is 17.7 Å². The Morgan fingerprint density at radius 3 is 2.53 bits per heavy atom. The molecule has 3 rings (SSSR count). The van der Waals surface area contributed by atoms with Crippen LogP contribution >= 0.6 is 0 Å². The molecule has 1 heterocycles. The number of carbonyl (C=O) groups excluding carboxylic acids is 1. The van der Waals surface area contributed by atoms with Crippen molar-refractivity contribution in [2.75, 3.05) is 13.1 Å². The molecule has 3 fully saturated rings. The fraction of sp³-hybridized carbons (Fsp3) is 0.917. The third kappa shape index (κ3) is 1.48. The van der Waals surface area contributed by atoms with Crippen LogP contribution in [0.1, 0.15) is 32.6 Å². The van der Waals surface area contributed by atoms with Gasteiger partial charge in [-0.3, -0.25) is 4.79 Å². The van der Waals surface area contributed by atoms with Gasteiger partial charge in [0, 0.05) is 24.5 Å². The second-order valence-corrected chi connectivity index (χ2v) is 6.13. The molecule has 0 aromatic heterocycles. The predicted octanol–water partition coefficient (Wildman–Crippen LogP) is 0.982. The van der Waals surface area contributed by atoms with Gasteiger partial charge in [0.2, 0.25) is 5.91 Å². The van der Waals surface area contributed by atoms with Gasteiger partial charge in [-0.2, -0.15) is 0 Å². The van der Waals surface area contributed by atoms with Crippen molar-refractivity contribution >= 4 is 5.91 Å². The second-order valence-electron chi connectivity index (χ2n) is 6.13. The van der Waals surface area contributed by atoms with E-state index in [1.807, 2.05) is 11.8 Å². The fourth-order valence-electron chi connectivity index (χ4n) is 3.76.